The van der Waals surface area contributed by atoms with Crippen LogP contribution in [0, 0.1) is 35.6 Å². The van der Waals surface area contributed by atoms with Crippen molar-refractivity contribution in [3.63, 3.8) is 0 Å². The maximum absolute atomic E-state index is 16.1. The summed E-state index contributed by atoms with van der Waals surface area (Å²) in [6.07, 6.45) is 11.9. The number of nitrogens with zero attached hydrogens (tertiary/aromatic N) is 7. The number of imide groups is 1. The summed E-state index contributed by atoms with van der Waals surface area (Å²) in [6.45, 7) is 8.53. The highest BCUT2D eigenvalue weighted by atomic mass is 19.1. The van der Waals surface area contributed by atoms with Crippen molar-refractivity contribution in [1.29, 1.82) is 0 Å². The van der Waals surface area contributed by atoms with Crippen molar-refractivity contribution in [1.82, 2.24) is 33.9 Å². The van der Waals surface area contributed by atoms with Gasteiger partial charge in [-0.25, -0.2) is 13.8 Å². The molecule has 3 aromatic heterocycles. The summed E-state index contributed by atoms with van der Waals surface area (Å²) in [6, 6.07) is 13.3. The van der Waals surface area contributed by atoms with E-state index in [2.05, 4.69) is 44.5 Å². The van der Waals surface area contributed by atoms with E-state index in [9.17, 15) is 28.8 Å². The topological polar surface area (TPSA) is 174 Å². The Hall–Kier alpha value is -6.11. The third kappa shape index (κ3) is 10.1. The standard InChI is InChI=1S/C55H68F2N10O5/c1-34-25-40(28-42(56)53(34)39-17-22-65(23-18-39)35(2)47-29-41-45(16-20-60-54(41)63(47)5)66-32-43(57)44(59-3)30-52(66)70)50(68)27-37-8-10-38(11-9-37)31-64(24-19-58)21-6-7-36-12-13-46-49(26-36)67(72,33-62(46)4)48-14-15-51(69)61-55(48)71/h12-13,16-17,20,25-26,28-30,32,35,37-38,48,59H,6-11,14-15,18-19,21-24,27,31,33,58H2,1-5H3,(H,61,69,71)/t35-,37?,38?,48?,67?/m0/s1. The molecule has 1 aliphatic carbocycles. The van der Waals surface area contributed by atoms with Gasteiger partial charge in [0.2, 0.25) is 5.91 Å². The minimum absolute atomic E-state index is 0.0182. The lowest BCUT2D eigenvalue weighted by molar-refractivity contribution is -0.136. The van der Waals surface area contributed by atoms with Crippen molar-refractivity contribution < 1.29 is 23.2 Å². The van der Waals surface area contributed by atoms with Crippen LogP contribution in [0.2, 0.25) is 0 Å². The number of ketones is 1. The molecule has 0 bridgehead atoms. The number of aromatic nitrogens is 3. The molecule has 6 heterocycles. The van der Waals surface area contributed by atoms with Gasteiger partial charge in [0, 0.05) is 120 Å². The van der Waals surface area contributed by atoms with E-state index in [0.717, 1.165) is 91.6 Å². The Balaban J connectivity index is 0.765. The fourth-order valence-electron chi connectivity index (χ4n) is 12.0. The molecule has 1 saturated heterocycles. The Kier molecular flexibility index (Phi) is 14.9. The number of halogens is 2. The van der Waals surface area contributed by atoms with E-state index in [0.29, 0.717) is 66.5 Å². The number of hydrogen-bond donors (Lipinski definition) is 3. The number of hydroxylamine groups is 2. The summed E-state index contributed by atoms with van der Waals surface area (Å²) in [4.78, 5) is 62.5. The number of benzene rings is 2. The number of fused-ring (bicyclic) bond motifs is 2. The van der Waals surface area contributed by atoms with Crippen LogP contribution in [0.5, 0.6) is 0 Å². The van der Waals surface area contributed by atoms with Gasteiger partial charge in [-0.15, -0.1) is 0 Å². The molecule has 3 atom stereocenters. The average molecular weight is 987 g/mol. The molecule has 5 aromatic rings. The van der Waals surface area contributed by atoms with E-state index in [1.54, 1.807) is 19.3 Å². The highest BCUT2D eigenvalue weighted by molar-refractivity contribution is 6.02. The van der Waals surface area contributed by atoms with Gasteiger partial charge in [-0.2, -0.15) is 0 Å². The van der Waals surface area contributed by atoms with Gasteiger partial charge < -0.3 is 30.6 Å². The first-order valence-corrected chi connectivity index (χ1v) is 25.6. The van der Waals surface area contributed by atoms with Gasteiger partial charge in [-0.1, -0.05) is 12.1 Å². The van der Waals surface area contributed by atoms with Gasteiger partial charge in [-0.3, -0.25) is 38.6 Å². The quantitative estimate of drug-likeness (QED) is 0.0365. The molecule has 2 unspecified atom stereocenters. The Labute approximate surface area is 419 Å². The molecule has 17 heteroatoms. The van der Waals surface area contributed by atoms with Crippen LogP contribution < -0.4 is 31.5 Å². The highest BCUT2D eigenvalue weighted by Crippen LogP contribution is 2.44. The van der Waals surface area contributed by atoms with Gasteiger partial charge in [0.1, 0.15) is 17.2 Å². The fourth-order valence-corrected chi connectivity index (χ4v) is 12.0. The van der Waals surface area contributed by atoms with Gasteiger partial charge in [0.25, 0.3) is 11.5 Å². The van der Waals surface area contributed by atoms with Gasteiger partial charge in [0.15, 0.2) is 30.0 Å². The number of Topliss-reactive ketones (excluding diaryl/α,β-unsaturated/α-hetero) is 1. The number of carbonyl (C=O) groups excluding carboxylic acids is 3. The van der Waals surface area contributed by atoms with Crippen molar-refractivity contribution in [2.45, 2.75) is 90.1 Å². The second-order valence-corrected chi connectivity index (χ2v) is 20.6. The molecular formula is C55H68F2N10O5. The number of nitrogens with two attached hydrogens (primary N) is 1. The Morgan fingerprint density at radius 1 is 0.986 bits per heavy atom. The lowest BCUT2D eigenvalue weighted by Gasteiger charge is -2.45. The predicted octanol–water partition coefficient (Wildman–Crippen LogP) is 7.49. The third-order valence-electron chi connectivity index (χ3n) is 16.0. The van der Waals surface area contributed by atoms with E-state index >= 15 is 4.39 Å². The highest BCUT2D eigenvalue weighted by Gasteiger charge is 2.46. The first-order chi connectivity index (χ1) is 34.6. The van der Waals surface area contributed by atoms with Crippen molar-refractivity contribution in [2.24, 2.45) is 24.6 Å². The van der Waals surface area contributed by atoms with Crippen LogP contribution in [-0.4, -0.2) is 108 Å². The number of amides is 2. The molecule has 4 N–H and O–H groups in total. The maximum atomic E-state index is 16.1. The van der Waals surface area contributed by atoms with E-state index in [1.165, 1.54) is 22.9 Å². The van der Waals surface area contributed by atoms with Crippen LogP contribution in [0.1, 0.15) is 103 Å². The van der Waals surface area contributed by atoms with Gasteiger partial charge in [-0.05, 0) is 124 Å². The minimum Gasteiger partial charge on any atom is -0.625 e. The molecule has 2 fully saturated rings. The number of anilines is 2. The first kappa shape index (κ1) is 50.8. The molecule has 2 aromatic carbocycles. The maximum Gasteiger partial charge on any atom is 0.285 e. The molecule has 0 radical (unpaired) electrons. The number of piperidine rings is 1. The molecule has 72 heavy (non-hydrogen) atoms. The number of rotatable bonds is 17. The van der Waals surface area contributed by atoms with Crippen molar-refractivity contribution in [3.05, 3.63) is 122 Å². The molecular weight excluding hydrogens is 919 g/mol. The summed E-state index contributed by atoms with van der Waals surface area (Å²) in [5.74, 6) is -1.01. The summed E-state index contributed by atoms with van der Waals surface area (Å²) in [5, 5.41) is 20.1. The zero-order valence-electron chi connectivity index (χ0n) is 42.2. The second kappa shape index (κ2) is 21.2. The summed E-state index contributed by atoms with van der Waals surface area (Å²) < 4.78 is 33.4. The number of hydrogen-bond acceptors (Lipinski definition) is 11. The van der Waals surface area contributed by atoms with Gasteiger partial charge in [0.05, 0.1) is 17.6 Å². The largest absolute Gasteiger partial charge is 0.625 e. The lowest BCUT2D eigenvalue weighted by atomic mass is 9.79. The number of nitrogens with one attached hydrogen (secondary N) is 2. The van der Waals surface area contributed by atoms with E-state index in [-0.39, 0.29) is 60.2 Å². The molecule has 0 spiro atoms. The summed E-state index contributed by atoms with van der Waals surface area (Å²) >= 11 is 0. The fraction of sp³-hybridized carbons (Fsp3) is 0.473. The van der Waals surface area contributed by atoms with Crippen molar-refractivity contribution in [2.75, 3.05) is 70.2 Å². The number of aryl methyl sites for hydroxylation is 3. The summed E-state index contributed by atoms with van der Waals surface area (Å²) in [7, 11) is 5.37. The van der Waals surface area contributed by atoms with E-state index in [1.807, 2.05) is 54.8 Å². The van der Waals surface area contributed by atoms with Gasteiger partial charge >= 0.3 is 0 Å². The first-order valence-electron chi connectivity index (χ1n) is 25.6. The molecule has 15 nitrogen and oxygen atoms in total. The van der Waals surface area contributed by atoms with Crippen LogP contribution in [0.3, 0.4) is 0 Å². The van der Waals surface area contributed by atoms with Crippen LogP contribution in [0.25, 0.3) is 22.3 Å². The number of quaternary nitrogens is 1. The van der Waals surface area contributed by atoms with Crippen LogP contribution in [-0.2, 0) is 23.1 Å². The number of carbonyl (C=O) groups is 3. The zero-order chi connectivity index (χ0) is 51.0. The molecule has 1 saturated carbocycles. The average Bonchev–Trinajstić information content (AvgIpc) is 3.83. The second-order valence-electron chi connectivity index (χ2n) is 20.6. The van der Waals surface area contributed by atoms with Crippen LogP contribution in [0.15, 0.2) is 71.8 Å². The predicted molar refractivity (Wildman–Crippen MR) is 279 cm³/mol. The molecule has 3 aliphatic heterocycles. The Morgan fingerprint density at radius 3 is 2.47 bits per heavy atom. The normalized spacial score (nSPS) is 22.1. The molecule has 4 aliphatic rings. The third-order valence-corrected chi connectivity index (χ3v) is 16.0. The van der Waals surface area contributed by atoms with E-state index in [4.69, 9.17) is 5.73 Å². The Bertz CT molecular complexity index is 2960. The summed E-state index contributed by atoms with van der Waals surface area (Å²) in [5.41, 5.74) is 13.2. The smallest absolute Gasteiger partial charge is 0.285 e. The van der Waals surface area contributed by atoms with Crippen molar-refractivity contribution >= 4 is 51.3 Å². The van der Waals surface area contributed by atoms with Crippen molar-refractivity contribution in [3.8, 4) is 5.69 Å². The van der Waals surface area contributed by atoms with E-state index < -0.39 is 22.4 Å². The number of pyridine rings is 2. The molecule has 2 amide bonds. The Morgan fingerprint density at radius 2 is 1.76 bits per heavy atom. The zero-order valence-corrected chi connectivity index (χ0v) is 42.2. The van der Waals surface area contributed by atoms with Crippen LogP contribution >= 0.6 is 0 Å². The molecule has 382 valence electrons. The lowest BCUT2D eigenvalue weighted by Crippen LogP contribution is -2.62. The SMILES string of the molecule is CNc1cc(=O)n(-c2ccnc3c2cc([C@H](C)N2CC=C(c4c(C)cc(C(=O)CC5CCC(CN(CCN)CCCc6ccc7c(c6)[N+]([O-])(C6CCC(=O)NC6=O)CN7C)CC5)cc4F)CC2)n3C)cc1F. The van der Waals surface area contributed by atoms with Crippen LogP contribution in [0.4, 0.5) is 25.8 Å². The molecule has 9 rings (SSSR count). The minimum atomic E-state index is -0.857. The monoisotopic (exact) mass is 987 g/mol.